The van der Waals surface area contributed by atoms with Crippen molar-refractivity contribution in [3.8, 4) is 0 Å². The van der Waals surface area contributed by atoms with Gasteiger partial charge in [-0.05, 0) is 44.2 Å². The highest BCUT2D eigenvalue weighted by molar-refractivity contribution is 6.53. The molecule has 2 aromatic rings. The molecule has 1 aliphatic rings. The summed E-state index contributed by atoms with van der Waals surface area (Å²) in [6.45, 7) is 3.47. The average Bonchev–Trinajstić information content (AvgIpc) is 2.85. The standard InChI is InChI=1S/C20H17ClN2O4/c1-12(2)27-20(26)13-7-6-10-15(11-13)23-18(24)16(21)17(19(23)25)22-14-8-4-3-5-9-14/h3-12,22H,1-2H3. The maximum absolute atomic E-state index is 12.8. The van der Waals surface area contributed by atoms with Crippen LogP contribution in [0.4, 0.5) is 11.4 Å². The van der Waals surface area contributed by atoms with Gasteiger partial charge in [-0.3, -0.25) is 9.59 Å². The minimum Gasteiger partial charge on any atom is -0.459 e. The van der Waals surface area contributed by atoms with Crippen molar-refractivity contribution < 1.29 is 19.1 Å². The van der Waals surface area contributed by atoms with Gasteiger partial charge in [-0.2, -0.15) is 0 Å². The van der Waals surface area contributed by atoms with Crippen molar-refractivity contribution in [2.75, 3.05) is 10.2 Å². The zero-order chi connectivity index (χ0) is 19.6. The SMILES string of the molecule is CC(C)OC(=O)c1cccc(N2C(=O)C(Cl)=C(Nc3ccccc3)C2=O)c1. The Kier molecular flexibility index (Phi) is 5.28. The number of carbonyl (C=O) groups is 3. The van der Waals surface area contributed by atoms with Crippen LogP contribution in [0.1, 0.15) is 24.2 Å². The van der Waals surface area contributed by atoms with Gasteiger partial charge in [-0.1, -0.05) is 35.9 Å². The van der Waals surface area contributed by atoms with E-state index in [-0.39, 0.29) is 28.1 Å². The second-order valence-electron chi connectivity index (χ2n) is 6.13. The molecule has 0 aliphatic carbocycles. The number of hydrogen-bond donors (Lipinski definition) is 1. The maximum atomic E-state index is 12.8. The Balaban J connectivity index is 1.88. The van der Waals surface area contributed by atoms with E-state index >= 15 is 0 Å². The number of benzene rings is 2. The Morgan fingerprint density at radius 3 is 2.41 bits per heavy atom. The van der Waals surface area contributed by atoms with Crippen molar-refractivity contribution >= 4 is 40.8 Å². The van der Waals surface area contributed by atoms with Gasteiger partial charge < -0.3 is 10.1 Å². The van der Waals surface area contributed by atoms with E-state index < -0.39 is 17.8 Å². The van der Waals surface area contributed by atoms with Crippen LogP contribution in [0.5, 0.6) is 0 Å². The topological polar surface area (TPSA) is 75.7 Å². The highest BCUT2D eigenvalue weighted by atomic mass is 35.5. The largest absolute Gasteiger partial charge is 0.459 e. The molecular weight excluding hydrogens is 368 g/mol. The summed E-state index contributed by atoms with van der Waals surface area (Å²) < 4.78 is 5.15. The first-order chi connectivity index (χ1) is 12.9. The van der Waals surface area contributed by atoms with Crippen molar-refractivity contribution in [3.63, 3.8) is 0 Å². The first-order valence-corrected chi connectivity index (χ1v) is 8.68. The number of nitrogens with one attached hydrogen (secondary N) is 1. The second kappa shape index (κ2) is 7.63. The zero-order valence-electron chi connectivity index (χ0n) is 14.7. The molecule has 0 saturated heterocycles. The molecule has 0 aromatic heterocycles. The molecule has 2 aromatic carbocycles. The molecule has 0 unspecified atom stereocenters. The molecule has 1 heterocycles. The number of rotatable bonds is 5. The van der Waals surface area contributed by atoms with E-state index in [0.717, 1.165) is 4.90 Å². The number of amides is 2. The lowest BCUT2D eigenvalue weighted by Gasteiger charge is -2.16. The van der Waals surface area contributed by atoms with Crippen molar-refractivity contribution in [2.45, 2.75) is 20.0 Å². The number of anilines is 2. The van der Waals surface area contributed by atoms with E-state index in [1.54, 1.807) is 56.3 Å². The van der Waals surface area contributed by atoms with Crippen LogP contribution in [0.25, 0.3) is 0 Å². The van der Waals surface area contributed by atoms with Gasteiger partial charge in [0, 0.05) is 5.69 Å². The Labute approximate surface area is 161 Å². The second-order valence-corrected chi connectivity index (χ2v) is 6.51. The molecule has 6 nitrogen and oxygen atoms in total. The monoisotopic (exact) mass is 384 g/mol. The van der Waals surface area contributed by atoms with Gasteiger partial charge in [0.25, 0.3) is 11.8 Å². The first kappa shape index (κ1) is 18.7. The fourth-order valence-electron chi connectivity index (χ4n) is 2.57. The summed E-state index contributed by atoms with van der Waals surface area (Å²) >= 11 is 6.10. The number of nitrogens with zero attached hydrogens (tertiary/aromatic N) is 1. The molecule has 0 atom stereocenters. The van der Waals surface area contributed by atoms with Gasteiger partial charge in [0.1, 0.15) is 10.7 Å². The molecule has 27 heavy (non-hydrogen) atoms. The van der Waals surface area contributed by atoms with E-state index in [9.17, 15) is 14.4 Å². The minimum absolute atomic E-state index is 0.0111. The highest BCUT2D eigenvalue weighted by Crippen LogP contribution is 2.30. The summed E-state index contributed by atoms with van der Waals surface area (Å²) in [5, 5.41) is 2.67. The van der Waals surface area contributed by atoms with Gasteiger partial charge in [0.2, 0.25) is 0 Å². The van der Waals surface area contributed by atoms with Crippen LogP contribution >= 0.6 is 11.6 Å². The molecule has 0 radical (unpaired) electrons. The predicted molar refractivity (Wildman–Crippen MR) is 102 cm³/mol. The third kappa shape index (κ3) is 3.85. The molecule has 1 aliphatic heterocycles. The van der Waals surface area contributed by atoms with E-state index in [2.05, 4.69) is 5.32 Å². The quantitative estimate of drug-likeness (QED) is 0.628. The molecule has 0 fully saturated rings. The van der Waals surface area contributed by atoms with E-state index in [1.165, 1.54) is 6.07 Å². The van der Waals surface area contributed by atoms with E-state index in [4.69, 9.17) is 16.3 Å². The summed E-state index contributed by atoms with van der Waals surface area (Å²) in [7, 11) is 0. The molecule has 3 rings (SSSR count). The fourth-order valence-corrected chi connectivity index (χ4v) is 2.78. The lowest BCUT2D eigenvalue weighted by molar-refractivity contribution is -0.120. The third-order valence-electron chi connectivity index (χ3n) is 3.75. The van der Waals surface area contributed by atoms with Crippen LogP contribution in [-0.2, 0) is 14.3 Å². The molecule has 138 valence electrons. The van der Waals surface area contributed by atoms with Crippen LogP contribution in [0.15, 0.2) is 65.3 Å². The van der Waals surface area contributed by atoms with Crippen molar-refractivity contribution in [2.24, 2.45) is 0 Å². The fraction of sp³-hybridized carbons (Fsp3) is 0.150. The van der Waals surface area contributed by atoms with Gasteiger partial charge >= 0.3 is 5.97 Å². The Hall–Kier alpha value is -3.12. The molecular formula is C20H17ClN2O4. The van der Waals surface area contributed by atoms with Gasteiger partial charge in [-0.25, -0.2) is 9.69 Å². The lowest BCUT2D eigenvalue weighted by Crippen LogP contribution is -2.32. The van der Waals surface area contributed by atoms with Crippen LogP contribution in [0, 0.1) is 0 Å². The normalized spacial score (nSPS) is 14.1. The smallest absolute Gasteiger partial charge is 0.338 e. The number of imide groups is 1. The molecule has 0 saturated carbocycles. The number of carbonyl (C=O) groups excluding carboxylic acids is 3. The van der Waals surface area contributed by atoms with E-state index in [1.807, 2.05) is 6.07 Å². The van der Waals surface area contributed by atoms with Gasteiger partial charge in [0.15, 0.2) is 0 Å². The number of halogens is 1. The Morgan fingerprint density at radius 1 is 1.04 bits per heavy atom. The van der Waals surface area contributed by atoms with Crippen molar-refractivity contribution in [3.05, 3.63) is 70.9 Å². The molecule has 2 amide bonds. The Bertz CT molecular complexity index is 938. The molecule has 0 spiro atoms. The van der Waals surface area contributed by atoms with Crippen LogP contribution < -0.4 is 10.2 Å². The summed E-state index contributed by atoms with van der Waals surface area (Å²) in [6.07, 6.45) is -0.283. The summed E-state index contributed by atoms with van der Waals surface area (Å²) in [6, 6.07) is 15.0. The predicted octanol–water partition coefficient (Wildman–Crippen LogP) is 3.69. The third-order valence-corrected chi connectivity index (χ3v) is 4.10. The van der Waals surface area contributed by atoms with Gasteiger partial charge in [-0.15, -0.1) is 0 Å². The van der Waals surface area contributed by atoms with Crippen LogP contribution in [-0.4, -0.2) is 23.9 Å². The van der Waals surface area contributed by atoms with E-state index in [0.29, 0.717) is 5.69 Å². The summed E-state index contributed by atoms with van der Waals surface area (Å²) in [4.78, 5) is 38.3. The number of ether oxygens (including phenoxy) is 1. The molecule has 1 N–H and O–H groups in total. The maximum Gasteiger partial charge on any atom is 0.338 e. The molecule has 7 heteroatoms. The minimum atomic E-state index is -0.658. The zero-order valence-corrected chi connectivity index (χ0v) is 15.5. The van der Waals surface area contributed by atoms with Gasteiger partial charge in [0.05, 0.1) is 17.4 Å². The first-order valence-electron chi connectivity index (χ1n) is 8.30. The summed E-state index contributed by atoms with van der Waals surface area (Å²) in [5.74, 6) is -1.79. The number of para-hydroxylation sites is 1. The van der Waals surface area contributed by atoms with Crippen LogP contribution in [0.3, 0.4) is 0 Å². The van der Waals surface area contributed by atoms with Crippen molar-refractivity contribution in [1.29, 1.82) is 0 Å². The Morgan fingerprint density at radius 2 is 1.74 bits per heavy atom. The lowest BCUT2D eigenvalue weighted by atomic mass is 10.2. The van der Waals surface area contributed by atoms with Crippen LogP contribution in [0.2, 0.25) is 0 Å². The number of hydrogen-bond acceptors (Lipinski definition) is 5. The summed E-state index contributed by atoms with van der Waals surface area (Å²) in [5.41, 5.74) is 1.10. The van der Waals surface area contributed by atoms with Crippen molar-refractivity contribution in [1.82, 2.24) is 0 Å². The average molecular weight is 385 g/mol. The number of esters is 1. The molecule has 0 bridgehead atoms. The highest BCUT2D eigenvalue weighted by Gasteiger charge is 2.39.